The molecule has 5 nitrogen and oxygen atoms in total. The minimum atomic E-state index is -0.335. The molecule has 0 aliphatic heterocycles. The topological polar surface area (TPSA) is 62.7 Å². The molecular formula is C18H22N4OS. The van der Waals surface area contributed by atoms with E-state index in [2.05, 4.69) is 27.6 Å². The van der Waals surface area contributed by atoms with Gasteiger partial charge < -0.3 is 9.88 Å². The van der Waals surface area contributed by atoms with Gasteiger partial charge in [-0.25, -0.2) is 0 Å². The van der Waals surface area contributed by atoms with Crippen LogP contribution in [-0.2, 0) is 16.8 Å². The van der Waals surface area contributed by atoms with Crippen molar-refractivity contribution in [2.24, 2.45) is 0 Å². The Labute approximate surface area is 146 Å². The van der Waals surface area contributed by atoms with E-state index in [9.17, 15) is 4.79 Å². The molecule has 0 bridgehead atoms. The Morgan fingerprint density at radius 3 is 2.71 bits per heavy atom. The van der Waals surface area contributed by atoms with Gasteiger partial charge in [0.05, 0.1) is 5.41 Å². The number of H-pyrrole nitrogens is 1. The molecule has 2 aliphatic rings. The van der Waals surface area contributed by atoms with E-state index in [0.29, 0.717) is 23.8 Å². The molecule has 2 aromatic rings. The van der Waals surface area contributed by atoms with Crippen molar-refractivity contribution in [3.8, 4) is 0 Å². The maximum atomic E-state index is 12.8. The lowest BCUT2D eigenvalue weighted by atomic mass is 9.64. The van der Waals surface area contributed by atoms with E-state index < -0.39 is 0 Å². The Kier molecular flexibility index (Phi) is 4.00. The van der Waals surface area contributed by atoms with Crippen LogP contribution in [0.3, 0.4) is 0 Å². The zero-order valence-electron chi connectivity index (χ0n) is 13.6. The molecule has 1 aromatic heterocycles. The maximum Gasteiger partial charge on any atom is 0.230 e. The molecule has 126 valence electrons. The highest BCUT2D eigenvalue weighted by atomic mass is 32.1. The normalized spacial score (nSPS) is 18.8. The summed E-state index contributed by atoms with van der Waals surface area (Å²) < 4.78 is 2.68. The van der Waals surface area contributed by atoms with E-state index in [1.807, 2.05) is 22.8 Å². The predicted molar refractivity (Wildman–Crippen MR) is 94.4 cm³/mol. The van der Waals surface area contributed by atoms with Gasteiger partial charge >= 0.3 is 0 Å². The van der Waals surface area contributed by atoms with Gasteiger partial charge in [0.15, 0.2) is 4.77 Å². The van der Waals surface area contributed by atoms with E-state index in [1.54, 1.807) is 0 Å². The first-order chi connectivity index (χ1) is 11.7. The Morgan fingerprint density at radius 1 is 1.33 bits per heavy atom. The van der Waals surface area contributed by atoms with Crippen molar-refractivity contribution in [1.82, 2.24) is 20.1 Å². The first-order valence-electron chi connectivity index (χ1n) is 8.70. The van der Waals surface area contributed by atoms with Crippen molar-refractivity contribution in [3.63, 3.8) is 0 Å². The molecule has 0 spiro atoms. The third kappa shape index (κ3) is 2.69. The summed E-state index contributed by atoms with van der Waals surface area (Å²) in [7, 11) is 0. The number of nitrogens with zero attached hydrogens (tertiary/aromatic N) is 2. The zero-order valence-corrected chi connectivity index (χ0v) is 14.4. The summed E-state index contributed by atoms with van der Waals surface area (Å²) in [4.78, 5) is 12.8. The molecule has 0 atom stereocenters. The molecule has 6 heteroatoms. The summed E-state index contributed by atoms with van der Waals surface area (Å²) in [5.41, 5.74) is 0.797. The Hall–Kier alpha value is -1.95. The average molecular weight is 342 g/mol. The first kappa shape index (κ1) is 15.6. The van der Waals surface area contributed by atoms with Crippen LogP contribution < -0.4 is 5.32 Å². The first-order valence-corrected chi connectivity index (χ1v) is 9.10. The van der Waals surface area contributed by atoms with Crippen LogP contribution in [-0.4, -0.2) is 27.2 Å². The summed E-state index contributed by atoms with van der Waals surface area (Å²) in [6.07, 6.45) is 5.34. The molecule has 2 N–H and O–H groups in total. The van der Waals surface area contributed by atoms with Crippen LogP contribution in [0.2, 0.25) is 0 Å². The van der Waals surface area contributed by atoms with E-state index in [1.165, 1.54) is 12.8 Å². The van der Waals surface area contributed by atoms with Crippen molar-refractivity contribution in [1.29, 1.82) is 0 Å². The molecule has 1 amide bonds. The molecule has 0 unspecified atom stereocenters. The number of aromatic nitrogens is 3. The number of carbonyl (C=O) groups excluding carboxylic acids is 1. The fourth-order valence-corrected chi connectivity index (χ4v) is 3.81. The number of rotatable bonds is 6. The Morgan fingerprint density at radius 2 is 2.08 bits per heavy atom. The van der Waals surface area contributed by atoms with Crippen molar-refractivity contribution < 1.29 is 4.79 Å². The lowest BCUT2D eigenvalue weighted by molar-refractivity contribution is -0.129. The number of hydrogen-bond donors (Lipinski definition) is 2. The predicted octanol–water partition coefficient (Wildman–Crippen LogP) is 3.06. The highest BCUT2D eigenvalue weighted by molar-refractivity contribution is 7.71. The fourth-order valence-electron chi connectivity index (χ4n) is 3.58. The van der Waals surface area contributed by atoms with Gasteiger partial charge in [-0.15, -0.1) is 0 Å². The number of aromatic amines is 1. The van der Waals surface area contributed by atoms with E-state index in [4.69, 9.17) is 12.2 Å². The molecular weight excluding hydrogens is 320 g/mol. The van der Waals surface area contributed by atoms with Crippen molar-refractivity contribution in [2.45, 2.75) is 50.0 Å². The summed E-state index contributed by atoms with van der Waals surface area (Å²) >= 11 is 5.32. The highest BCUT2D eigenvalue weighted by Crippen LogP contribution is 2.43. The van der Waals surface area contributed by atoms with E-state index in [-0.39, 0.29) is 11.3 Å². The molecule has 1 heterocycles. The SMILES string of the molecule is O=C(NCCn1c(C2CC2)n[nH]c1=S)C1(c2ccccc2)CCC1. The number of carbonyl (C=O) groups is 1. The lowest BCUT2D eigenvalue weighted by Gasteiger charge is -2.40. The highest BCUT2D eigenvalue weighted by Gasteiger charge is 2.45. The van der Waals surface area contributed by atoms with Gasteiger partial charge in [-0.2, -0.15) is 5.10 Å². The van der Waals surface area contributed by atoms with Gasteiger partial charge in [-0.1, -0.05) is 36.8 Å². The minimum absolute atomic E-state index is 0.142. The standard InChI is InChI=1S/C18H22N4OS/c23-16(18(9-4-10-18)14-5-2-1-3-6-14)19-11-12-22-15(13-7-8-13)20-21-17(22)24/h1-3,5-6,13H,4,7-12H2,(H,19,23)(H,21,24). The molecule has 24 heavy (non-hydrogen) atoms. The van der Waals surface area contributed by atoms with Gasteiger partial charge in [-0.05, 0) is 43.5 Å². The molecule has 0 radical (unpaired) electrons. The molecule has 2 fully saturated rings. The fraction of sp³-hybridized carbons (Fsp3) is 0.500. The van der Waals surface area contributed by atoms with Crippen LogP contribution in [0.5, 0.6) is 0 Å². The third-order valence-electron chi connectivity index (χ3n) is 5.32. The molecule has 2 saturated carbocycles. The summed E-state index contributed by atoms with van der Waals surface area (Å²) in [6, 6.07) is 10.1. The number of nitrogens with one attached hydrogen (secondary N) is 2. The van der Waals surface area contributed by atoms with Crippen molar-refractivity contribution >= 4 is 18.1 Å². The smallest absolute Gasteiger partial charge is 0.230 e. The van der Waals surface area contributed by atoms with Gasteiger partial charge in [0, 0.05) is 19.0 Å². The van der Waals surface area contributed by atoms with Crippen LogP contribution in [0.4, 0.5) is 0 Å². The number of amides is 1. The Bertz CT molecular complexity index is 787. The van der Waals surface area contributed by atoms with Crippen LogP contribution in [0.25, 0.3) is 0 Å². The lowest BCUT2D eigenvalue weighted by Crippen LogP contribution is -2.49. The van der Waals surface area contributed by atoms with Crippen LogP contribution in [0.1, 0.15) is 49.4 Å². The molecule has 0 saturated heterocycles. The second-order valence-electron chi connectivity index (χ2n) is 6.87. The monoisotopic (exact) mass is 342 g/mol. The third-order valence-corrected chi connectivity index (χ3v) is 5.63. The van der Waals surface area contributed by atoms with Crippen molar-refractivity contribution in [2.75, 3.05) is 6.54 Å². The van der Waals surface area contributed by atoms with Crippen LogP contribution in [0, 0.1) is 4.77 Å². The van der Waals surface area contributed by atoms with Crippen molar-refractivity contribution in [3.05, 3.63) is 46.5 Å². The number of hydrogen-bond acceptors (Lipinski definition) is 3. The largest absolute Gasteiger partial charge is 0.354 e. The van der Waals surface area contributed by atoms with Crippen LogP contribution in [0.15, 0.2) is 30.3 Å². The summed E-state index contributed by atoms with van der Waals surface area (Å²) in [5.74, 6) is 1.72. The van der Waals surface area contributed by atoms with Gasteiger partial charge in [-0.3, -0.25) is 9.89 Å². The summed E-state index contributed by atoms with van der Waals surface area (Å²) in [6.45, 7) is 1.26. The maximum absolute atomic E-state index is 12.8. The molecule has 4 rings (SSSR count). The second kappa shape index (κ2) is 6.16. The van der Waals surface area contributed by atoms with Crippen LogP contribution >= 0.6 is 12.2 Å². The second-order valence-corrected chi connectivity index (χ2v) is 7.26. The molecule has 1 aromatic carbocycles. The van der Waals surface area contributed by atoms with E-state index >= 15 is 0 Å². The average Bonchev–Trinajstić information content (AvgIpc) is 3.32. The Balaban J connectivity index is 1.42. The molecule has 2 aliphatic carbocycles. The van der Waals surface area contributed by atoms with Gasteiger partial charge in [0.1, 0.15) is 5.82 Å². The van der Waals surface area contributed by atoms with Gasteiger partial charge in [0.25, 0.3) is 0 Å². The summed E-state index contributed by atoms with van der Waals surface area (Å²) in [5, 5.41) is 10.3. The minimum Gasteiger partial charge on any atom is -0.354 e. The quantitative estimate of drug-likeness (QED) is 0.793. The van der Waals surface area contributed by atoms with E-state index in [0.717, 1.165) is 30.7 Å². The zero-order chi connectivity index (χ0) is 16.6. The number of benzene rings is 1. The van der Waals surface area contributed by atoms with Gasteiger partial charge in [0.2, 0.25) is 5.91 Å².